The standard InChI is InChI=1S/C28H30F6N10/c29-27(30,31)23-9-5-19(6-10-23)25(43-37-17-35-39-43)21-3-1-13-41(15-21)42-14-2-4-22(16-42)26(44-38-18-36-40-44)20-7-11-24(12-8-20)28(32,33)34/h5-12,17-18,21-22,25-26H,1-4,13-16H2/t21-,22-,25?,26?/m0/s1. The lowest BCUT2D eigenvalue weighted by Gasteiger charge is -2.46. The molecule has 2 aliphatic heterocycles. The van der Waals surface area contributed by atoms with Crippen LogP contribution < -0.4 is 0 Å². The van der Waals surface area contributed by atoms with Gasteiger partial charge in [-0.15, -0.1) is 20.4 Å². The Morgan fingerprint density at radius 2 is 0.977 bits per heavy atom. The Balaban J connectivity index is 1.22. The van der Waals surface area contributed by atoms with Crippen molar-refractivity contribution in [2.75, 3.05) is 26.2 Å². The third-order valence-corrected chi connectivity index (χ3v) is 8.55. The molecule has 0 amide bonds. The van der Waals surface area contributed by atoms with Crippen molar-refractivity contribution in [2.45, 2.75) is 50.1 Å². The third-order valence-electron chi connectivity index (χ3n) is 8.55. The molecule has 0 radical (unpaired) electrons. The monoisotopic (exact) mass is 620 g/mol. The van der Waals surface area contributed by atoms with Gasteiger partial charge in [-0.1, -0.05) is 24.3 Å². The molecule has 0 N–H and O–H groups in total. The van der Waals surface area contributed by atoms with E-state index in [0.29, 0.717) is 24.2 Å². The van der Waals surface area contributed by atoms with Crippen LogP contribution in [-0.2, 0) is 12.4 Å². The molecule has 2 aromatic carbocycles. The molecule has 234 valence electrons. The fourth-order valence-electron chi connectivity index (χ4n) is 6.54. The van der Waals surface area contributed by atoms with Gasteiger partial charge in [0.05, 0.1) is 11.1 Å². The smallest absolute Gasteiger partial charge is 0.241 e. The van der Waals surface area contributed by atoms with Gasteiger partial charge in [-0.3, -0.25) is 0 Å². The van der Waals surface area contributed by atoms with Crippen molar-refractivity contribution in [1.29, 1.82) is 0 Å². The second-order valence-electron chi connectivity index (χ2n) is 11.3. The quantitative estimate of drug-likeness (QED) is 0.269. The first-order valence-electron chi connectivity index (χ1n) is 14.4. The molecule has 16 heteroatoms. The maximum Gasteiger partial charge on any atom is 0.416 e. The van der Waals surface area contributed by atoms with Gasteiger partial charge in [0.15, 0.2) is 12.7 Å². The highest BCUT2D eigenvalue weighted by atomic mass is 19.4. The SMILES string of the molecule is FC(F)(F)c1ccc(C([C@H]2CCCN(N3CCC[C@H](C(c4ccc(C(F)(F)F)cc4)n4ncnn4)C3)C2)n2ncnn2)cc1. The molecule has 0 bridgehead atoms. The first kappa shape index (κ1) is 30.1. The van der Waals surface area contributed by atoms with Crippen LogP contribution in [-0.4, -0.2) is 76.6 Å². The summed E-state index contributed by atoms with van der Waals surface area (Å²) in [5, 5.41) is 28.9. The number of hydrazine groups is 1. The number of benzene rings is 2. The zero-order valence-electron chi connectivity index (χ0n) is 23.5. The van der Waals surface area contributed by atoms with Gasteiger partial charge in [0.1, 0.15) is 12.1 Å². The van der Waals surface area contributed by atoms with Gasteiger partial charge in [-0.25, -0.2) is 10.0 Å². The van der Waals surface area contributed by atoms with Crippen molar-refractivity contribution in [2.24, 2.45) is 11.8 Å². The molecular weight excluding hydrogens is 590 g/mol. The average molecular weight is 621 g/mol. The predicted octanol–water partition coefficient (Wildman–Crippen LogP) is 4.92. The summed E-state index contributed by atoms with van der Waals surface area (Å²) in [6, 6.07) is 9.40. The normalized spacial score (nSPS) is 22.1. The number of nitrogens with zero attached hydrogens (tertiary/aromatic N) is 10. The van der Waals surface area contributed by atoms with E-state index >= 15 is 0 Å². The third kappa shape index (κ3) is 6.45. The maximum absolute atomic E-state index is 13.2. The first-order chi connectivity index (χ1) is 21.1. The molecule has 2 saturated heterocycles. The summed E-state index contributed by atoms with van der Waals surface area (Å²) in [5.74, 6) is -0.0319. The largest absolute Gasteiger partial charge is 0.416 e. The molecule has 10 nitrogen and oxygen atoms in total. The first-order valence-corrected chi connectivity index (χ1v) is 14.4. The molecule has 4 heterocycles. The molecule has 4 atom stereocenters. The maximum atomic E-state index is 13.2. The summed E-state index contributed by atoms with van der Waals surface area (Å²) in [7, 11) is 0. The van der Waals surface area contributed by atoms with E-state index in [1.165, 1.54) is 46.5 Å². The van der Waals surface area contributed by atoms with E-state index in [9.17, 15) is 26.3 Å². The number of hydrogen-bond donors (Lipinski definition) is 0. The van der Waals surface area contributed by atoms with E-state index in [0.717, 1.165) is 63.0 Å². The minimum absolute atomic E-state index is 0.0160. The lowest BCUT2D eigenvalue weighted by atomic mass is 9.85. The van der Waals surface area contributed by atoms with Gasteiger partial charge in [-0.2, -0.15) is 35.9 Å². The summed E-state index contributed by atoms with van der Waals surface area (Å²) >= 11 is 0. The Morgan fingerprint density at radius 1 is 0.591 bits per heavy atom. The fraction of sp³-hybridized carbons (Fsp3) is 0.500. The van der Waals surface area contributed by atoms with Crippen LogP contribution in [0, 0.1) is 11.8 Å². The van der Waals surface area contributed by atoms with Crippen LogP contribution in [0.1, 0.15) is 60.0 Å². The molecule has 6 rings (SSSR count). The van der Waals surface area contributed by atoms with E-state index < -0.39 is 35.6 Å². The molecule has 2 unspecified atom stereocenters. The van der Waals surface area contributed by atoms with Gasteiger partial charge >= 0.3 is 12.4 Å². The molecule has 4 aromatic rings. The minimum atomic E-state index is -4.44. The van der Waals surface area contributed by atoms with E-state index in [1.807, 2.05) is 0 Å². The number of alkyl halides is 6. The number of halogens is 6. The number of tetrazole rings is 2. The highest BCUT2D eigenvalue weighted by molar-refractivity contribution is 5.28. The van der Waals surface area contributed by atoms with E-state index in [2.05, 4.69) is 40.8 Å². The zero-order chi connectivity index (χ0) is 30.9. The Labute approximate surface area is 248 Å². The predicted molar refractivity (Wildman–Crippen MR) is 143 cm³/mol. The molecule has 0 aliphatic carbocycles. The fourth-order valence-corrected chi connectivity index (χ4v) is 6.54. The molecule has 0 saturated carbocycles. The van der Waals surface area contributed by atoms with Crippen LogP contribution >= 0.6 is 0 Å². The van der Waals surface area contributed by atoms with Gasteiger partial charge in [0.2, 0.25) is 0 Å². The van der Waals surface area contributed by atoms with Gasteiger partial charge in [-0.05, 0) is 71.5 Å². The van der Waals surface area contributed by atoms with Crippen molar-refractivity contribution in [3.05, 3.63) is 83.4 Å². The van der Waals surface area contributed by atoms with Crippen LogP contribution in [0.4, 0.5) is 26.3 Å². The highest BCUT2D eigenvalue weighted by Gasteiger charge is 2.38. The molecule has 2 aliphatic rings. The van der Waals surface area contributed by atoms with Crippen LogP contribution in [0.15, 0.2) is 61.2 Å². The second kappa shape index (κ2) is 12.2. The highest BCUT2D eigenvalue weighted by Crippen LogP contribution is 2.38. The summed E-state index contributed by atoms with van der Waals surface area (Å²) in [5.41, 5.74) is -0.112. The number of piperidine rings is 2. The number of aromatic nitrogens is 8. The summed E-state index contributed by atoms with van der Waals surface area (Å²) < 4.78 is 79.5. The van der Waals surface area contributed by atoms with E-state index in [-0.39, 0.29) is 11.8 Å². The molecule has 44 heavy (non-hydrogen) atoms. The lowest BCUT2D eigenvalue weighted by molar-refractivity contribution is -0.138. The molecule has 2 fully saturated rings. The number of hydrogen-bond acceptors (Lipinski definition) is 8. The minimum Gasteiger partial charge on any atom is -0.241 e. The van der Waals surface area contributed by atoms with Crippen molar-refractivity contribution < 1.29 is 26.3 Å². The Kier molecular flexibility index (Phi) is 8.37. The Hall–Kier alpha value is -3.92. The summed E-state index contributed by atoms with van der Waals surface area (Å²) in [6.07, 6.45) is -2.91. The summed E-state index contributed by atoms with van der Waals surface area (Å²) in [4.78, 5) is 2.93. The lowest BCUT2D eigenvalue weighted by Crippen LogP contribution is -2.53. The second-order valence-corrected chi connectivity index (χ2v) is 11.3. The van der Waals surface area contributed by atoms with Crippen molar-refractivity contribution in [1.82, 2.24) is 50.4 Å². The average Bonchev–Trinajstić information content (AvgIpc) is 3.73. The van der Waals surface area contributed by atoms with Crippen LogP contribution in [0.2, 0.25) is 0 Å². The van der Waals surface area contributed by atoms with Crippen molar-refractivity contribution in [3.8, 4) is 0 Å². The summed E-state index contributed by atoms with van der Waals surface area (Å²) in [6.45, 7) is 2.82. The van der Waals surface area contributed by atoms with E-state index in [4.69, 9.17) is 0 Å². The molecular formula is C28H30F6N10. The van der Waals surface area contributed by atoms with Crippen LogP contribution in [0.3, 0.4) is 0 Å². The van der Waals surface area contributed by atoms with Gasteiger partial charge < -0.3 is 0 Å². The molecule has 0 spiro atoms. The van der Waals surface area contributed by atoms with Gasteiger partial charge in [0, 0.05) is 38.0 Å². The van der Waals surface area contributed by atoms with Crippen LogP contribution in [0.25, 0.3) is 0 Å². The molecule has 2 aromatic heterocycles. The number of rotatable bonds is 7. The Morgan fingerprint density at radius 3 is 1.30 bits per heavy atom. The van der Waals surface area contributed by atoms with Crippen LogP contribution in [0.5, 0.6) is 0 Å². The van der Waals surface area contributed by atoms with E-state index in [1.54, 1.807) is 0 Å². The zero-order valence-corrected chi connectivity index (χ0v) is 23.5. The Bertz CT molecular complexity index is 1360. The van der Waals surface area contributed by atoms with Crippen molar-refractivity contribution >= 4 is 0 Å². The van der Waals surface area contributed by atoms with Crippen molar-refractivity contribution in [3.63, 3.8) is 0 Å². The van der Waals surface area contributed by atoms with Gasteiger partial charge in [0.25, 0.3) is 0 Å². The topological polar surface area (TPSA) is 93.7 Å².